The number of hydrogen-bond acceptors (Lipinski definition) is 10. The average molecular weight is 672 g/mol. The van der Waals surface area contributed by atoms with Gasteiger partial charge in [-0.15, -0.1) is 0 Å². The first-order chi connectivity index (χ1) is 21.1. The summed E-state index contributed by atoms with van der Waals surface area (Å²) in [6, 6.07) is 7.52. The third-order valence-corrected chi connectivity index (χ3v) is 7.65. The van der Waals surface area contributed by atoms with Crippen LogP contribution in [-0.2, 0) is 37.0 Å². The quantitative estimate of drug-likeness (QED) is 0.211. The van der Waals surface area contributed by atoms with E-state index in [1.54, 1.807) is 33.8 Å². The van der Waals surface area contributed by atoms with Gasteiger partial charge in [-0.3, -0.25) is 14.4 Å². The highest BCUT2D eigenvalue weighted by Crippen LogP contribution is 2.38. The summed E-state index contributed by atoms with van der Waals surface area (Å²) < 4.78 is 21.8. The Bertz CT molecular complexity index is 1360. The summed E-state index contributed by atoms with van der Waals surface area (Å²) in [5.41, 5.74) is 1.41. The highest BCUT2D eigenvalue weighted by atomic mass is 35.5. The SMILES string of the molecule is CO[C@H]1O[C@H](CO)[C@@H](O)[C@H](O)[C@H]1NC(=O)c1cc(Cl)c(OCc2cccc(CNC(=O)CCC(=O)OC(C)(C)C)c2)c(Cl)c1C. The second kappa shape index (κ2) is 16.0. The van der Waals surface area contributed by atoms with Crippen molar-refractivity contribution in [2.24, 2.45) is 0 Å². The van der Waals surface area contributed by atoms with Crippen molar-refractivity contribution in [3.05, 3.63) is 62.6 Å². The zero-order chi connectivity index (χ0) is 33.5. The lowest BCUT2D eigenvalue weighted by Crippen LogP contribution is -2.64. The smallest absolute Gasteiger partial charge is 0.306 e. The van der Waals surface area contributed by atoms with Crippen molar-refractivity contribution < 1.29 is 48.7 Å². The van der Waals surface area contributed by atoms with Gasteiger partial charge in [-0.25, -0.2) is 0 Å². The summed E-state index contributed by atoms with van der Waals surface area (Å²) in [5, 5.41) is 35.7. The Morgan fingerprint density at radius 1 is 1.04 bits per heavy atom. The fraction of sp³-hybridized carbons (Fsp3) is 0.516. The molecule has 248 valence electrons. The van der Waals surface area contributed by atoms with Crippen molar-refractivity contribution >= 4 is 41.0 Å². The number of rotatable bonds is 12. The molecule has 0 bridgehead atoms. The normalized spacial score (nSPS) is 21.6. The Hall–Kier alpha value is -2.97. The highest BCUT2D eigenvalue weighted by Gasteiger charge is 2.45. The first kappa shape index (κ1) is 36.5. The third kappa shape index (κ3) is 10.0. The first-order valence-electron chi connectivity index (χ1n) is 14.3. The number of halogens is 2. The molecule has 1 aliphatic heterocycles. The van der Waals surface area contributed by atoms with Crippen molar-refractivity contribution in [2.45, 2.75) is 89.9 Å². The number of methoxy groups -OCH3 is 1. The van der Waals surface area contributed by atoms with Crippen molar-refractivity contribution in [1.82, 2.24) is 10.6 Å². The summed E-state index contributed by atoms with van der Waals surface area (Å²) in [6.07, 6.45) is -5.18. The number of benzene rings is 2. The molecule has 0 aromatic heterocycles. The molecule has 12 nitrogen and oxygen atoms in total. The summed E-state index contributed by atoms with van der Waals surface area (Å²) >= 11 is 13.0. The number of ether oxygens (including phenoxy) is 4. The molecule has 0 unspecified atom stereocenters. The Balaban J connectivity index is 1.61. The summed E-state index contributed by atoms with van der Waals surface area (Å²) in [5.74, 6) is -1.22. The lowest BCUT2D eigenvalue weighted by Gasteiger charge is -2.41. The van der Waals surface area contributed by atoms with Crippen LogP contribution >= 0.6 is 23.2 Å². The molecular formula is C31H40Cl2N2O10. The summed E-state index contributed by atoms with van der Waals surface area (Å²) in [6.45, 7) is 6.66. The van der Waals surface area contributed by atoms with Gasteiger partial charge >= 0.3 is 5.97 Å². The van der Waals surface area contributed by atoms with Crippen molar-refractivity contribution in [1.29, 1.82) is 0 Å². The zero-order valence-electron chi connectivity index (χ0n) is 25.8. The van der Waals surface area contributed by atoms with Gasteiger partial charge in [0.25, 0.3) is 5.91 Å². The third-order valence-electron chi connectivity index (χ3n) is 6.92. The van der Waals surface area contributed by atoms with Crippen LogP contribution in [0.1, 0.15) is 60.7 Å². The molecule has 1 heterocycles. The van der Waals surface area contributed by atoms with Gasteiger partial charge in [0.1, 0.15) is 36.6 Å². The largest absolute Gasteiger partial charge is 0.486 e. The van der Waals surface area contributed by atoms with Crippen molar-refractivity contribution in [3.8, 4) is 5.75 Å². The van der Waals surface area contributed by atoms with Gasteiger partial charge < -0.3 is 44.9 Å². The molecule has 2 aromatic rings. The molecule has 0 saturated carbocycles. The first-order valence-corrected chi connectivity index (χ1v) is 15.0. The van der Waals surface area contributed by atoms with Gasteiger partial charge in [-0.05, 0) is 50.5 Å². The van der Waals surface area contributed by atoms with E-state index in [1.807, 2.05) is 18.2 Å². The van der Waals surface area contributed by atoms with E-state index in [0.717, 1.165) is 11.1 Å². The van der Waals surface area contributed by atoms with E-state index < -0.39 is 54.7 Å². The fourth-order valence-corrected chi connectivity index (χ4v) is 5.18. The lowest BCUT2D eigenvalue weighted by molar-refractivity contribution is -0.261. The lowest BCUT2D eigenvalue weighted by atomic mass is 9.96. The summed E-state index contributed by atoms with van der Waals surface area (Å²) in [4.78, 5) is 37.3. The number of aliphatic hydroxyl groups is 3. The minimum absolute atomic E-state index is 0.0101. The molecule has 14 heteroatoms. The Morgan fingerprint density at radius 2 is 1.73 bits per heavy atom. The van der Waals surface area contributed by atoms with Crippen LogP contribution in [0.2, 0.25) is 10.0 Å². The van der Waals surface area contributed by atoms with E-state index >= 15 is 0 Å². The van der Waals surface area contributed by atoms with E-state index in [4.69, 9.17) is 42.1 Å². The second-order valence-electron chi connectivity index (χ2n) is 11.6. The second-order valence-corrected chi connectivity index (χ2v) is 12.4. The number of esters is 1. The van der Waals surface area contributed by atoms with Crippen molar-refractivity contribution in [3.63, 3.8) is 0 Å². The monoisotopic (exact) mass is 670 g/mol. The molecule has 1 saturated heterocycles. The highest BCUT2D eigenvalue weighted by molar-refractivity contribution is 6.38. The van der Waals surface area contributed by atoms with Gasteiger partial charge in [-0.1, -0.05) is 47.5 Å². The Labute approximate surface area is 271 Å². The van der Waals surface area contributed by atoms with Crippen LogP contribution in [-0.4, -0.2) is 83.1 Å². The molecule has 3 rings (SSSR count). The van der Waals surface area contributed by atoms with Crippen LogP contribution in [0, 0.1) is 6.92 Å². The molecule has 2 amide bonds. The minimum Gasteiger partial charge on any atom is -0.486 e. The predicted octanol–water partition coefficient (Wildman–Crippen LogP) is 2.80. The molecule has 1 fully saturated rings. The van der Waals surface area contributed by atoms with Gasteiger partial charge in [0.15, 0.2) is 12.0 Å². The molecular weight excluding hydrogens is 631 g/mol. The average Bonchev–Trinajstić information content (AvgIpc) is 2.98. The number of carbonyl (C=O) groups is 3. The minimum atomic E-state index is -1.49. The number of carbonyl (C=O) groups excluding carboxylic acids is 3. The molecule has 5 N–H and O–H groups in total. The van der Waals surface area contributed by atoms with Gasteiger partial charge in [0.05, 0.1) is 23.1 Å². The molecule has 1 aliphatic rings. The standard InChI is InChI=1S/C31H40Cl2N2O10/c1-16-19(29(41)35-25-27(40)26(39)21(14-36)44-30(25)42-5)12-20(32)28(24(16)33)43-15-18-8-6-7-17(11-18)13-34-22(37)9-10-23(38)45-31(2,3)4/h6-8,11-12,21,25-27,30,36,39-40H,9-10,13-15H2,1-5H3,(H,34,37)(H,35,41)/t21-,25-,26-,27-,30+/m1/s1. The van der Waals surface area contributed by atoms with Crippen LogP contribution in [0.3, 0.4) is 0 Å². The zero-order valence-corrected chi connectivity index (χ0v) is 27.3. The number of hydrogen-bond donors (Lipinski definition) is 5. The number of nitrogens with one attached hydrogen (secondary N) is 2. The molecule has 0 spiro atoms. The van der Waals surface area contributed by atoms with E-state index in [2.05, 4.69) is 10.6 Å². The van der Waals surface area contributed by atoms with Gasteiger partial charge in [0.2, 0.25) is 5.91 Å². The van der Waals surface area contributed by atoms with Crippen LogP contribution in [0.5, 0.6) is 5.75 Å². The molecule has 0 radical (unpaired) electrons. The van der Waals surface area contributed by atoms with Crippen molar-refractivity contribution in [2.75, 3.05) is 13.7 Å². The van der Waals surface area contributed by atoms with Gasteiger partial charge in [-0.2, -0.15) is 0 Å². The van der Waals surface area contributed by atoms with E-state index in [9.17, 15) is 29.7 Å². The maximum Gasteiger partial charge on any atom is 0.306 e. The van der Waals surface area contributed by atoms with Crippen LogP contribution in [0.15, 0.2) is 30.3 Å². The maximum absolute atomic E-state index is 13.2. The molecule has 5 atom stereocenters. The molecule has 0 aliphatic carbocycles. The topological polar surface area (TPSA) is 173 Å². The van der Waals surface area contributed by atoms with Crippen LogP contribution in [0.4, 0.5) is 0 Å². The molecule has 2 aromatic carbocycles. The molecule has 45 heavy (non-hydrogen) atoms. The maximum atomic E-state index is 13.2. The van der Waals surface area contributed by atoms with E-state index in [1.165, 1.54) is 13.2 Å². The Kier molecular flexibility index (Phi) is 13.0. The van der Waals surface area contributed by atoms with Crippen LogP contribution in [0.25, 0.3) is 0 Å². The fourth-order valence-electron chi connectivity index (χ4n) is 4.61. The predicted molar refractivity (Wildman–Crippen MR) is 165 cm³/mol. The Morgan fingerprint density at radius 3 is 2.38 bits per heavy atom. The summed E-state index contributed by atoms with van der Waals surface area (Å²) in [7, 11) is 1.30. The van der Waals surface area contributed by atoms with E-state index in [0.29, 0.717) is 5.56 Å². The van der Waals surface area contributed by atoms with Crippen LogP contribution < -0.4 is 15.4 Å². The van der Waals surface area contributed by atoms with E-state index in [-0.39, 0.29) is 53.3 Å². The number of amides is 2. The van der Waals surface area contributed by atoms with Gasteiger partial charge in [0, 0.05) is 25.6 Å². The number of aliphatic hydroxyl groups excluding tert-OH is 3.